The fraction of sp³-hybridized carbons (Fsp3) is 1.00. The highest BCUT2D eigenvalue weighted by Gasteiger charge is 2.08. The van der Waals surface area contributed by atoms with E-state index in [-0.39, 0.29) is 0 Å². The fourth-order valence-electron chi connectivity index (χ4n) is 1.28. The van der Waals surface area contributed by atoms with Crippen molar-refractivity contribution in [2.24, 2.45) is 0 Å². The normalized spacial score (nSPS) is 15.4. The van der Waals surface area contributed by atoms with Crippen molar-refractivity contribution in [3.05, 3.63) is 0 Å². The SMILES string of the molecule is CCCCS(=O)CC(CC)NCCC. The molecule has 0 aromatic heterocycles. The lowest BCUT2D eigenvalue weighted by Crippen LogP contribution is -2.34. The van der Waals surface area contributed by atoms with E-state index in [4.69, 9.17) is 0 Å². The van der Waals surface area contributed by atoms with Gasteiger partial charge < -0.3 is 5.32 Å². The van der Waals surface area contributed by atoms with Crippen LogP contribution in [0, 0.1) is 0 Å². The van der Waals surface area contributed by atoms with Gasteiger partial charge in [0.1, 0.15) is 0 Å². The molecule has 0 aromatic carbocycles. The fourth-order valence-corrected chi connectivity index (χ4v) is 2.86. The summed E-state index contributed by atoms with van der Waals surface area (Å²) in [6.45, 7) is 7.51. The summed E-state index contributed by atoms with van der Waals surface area (Å²) in [5.41, 5.74) is 0. The van der Waals surface area contributed by atoms with E-state index in [0.717, 1.165) is 43.7 Å². The topological polar surface area (TPSA) is 29.1 Å². The summed E-state index contributed by atoms with van der Waals surface area (Å²) in [7, 11) is -0.616. The second kappa shape index (κ2) is 9.66. The van der Waals surface area contributed by atoms with Gasteiger partial charge in [-0.05, 0) is 25.8 Å². The second-order valence-electron chi connectivity index (χ2n) is 3.72. The molecule has 0 bridgehead atoms. The van der Waals surface area contributed by atoms with E-state index in [0.29, 0.717) is 6.04 Å². The summed E-state index contributed by atoms with van der Waals surface area (Å²) in [5.74, 6) is 1.71. The minimum Gasteiger partial charge on any atom is -0.313 e. The van der Waals surface area contributed by atoms with Crippen molar-refractivity contribution in [3.8, 4) is 0 Å². The average molecular weight is 219 g/mol. The highest BCUT2D eigenvalue weighted by Crippen LogP contribution is 1.98. The monoisotopic (exact) mass is 219 g/mol. The van der Waals surface area contributed by atoms with Crippen molar-refractivity contribution in [2.75, 3.05) is 18.1 Å². The first-order valence-corrected chi connectivity index (χ1v) is 7.31. The molecule has 2 nitrogen and oxygen atoms in total. The smallest absolute Gasteiger partial charge is 0.0388 e. The molecule has 0 fully saturated rings. The zero-order valence-corrected chi connectivity index (χ0v) is 10.7. The Kier molecular flexibility index (Phi) is 9.73. The maximum atomic E-state index is 11.6. The molecule has 0 aliphatic heterocycles. The largest absolute Gasteiger partial charge is 0.313 e. The van der Waals surface area contributed by atoms with Crippen LogP contribution in [-0.4, -0.2) is 28.3 Å². The molecule has 0 saturated heterocycles. The van der Waals surface area contributed by atoms with Gasteiger partial charge in [0.15, 0.2) is 0 Å². The maximum Gasteiger partial charge on any atom is 0.0388 e. The van der Waals surface area contributed by atoms with Gasteiger partial charge in [-0.3, -0.25) is 4.21 Å². The van der Waals surface area contributed by atoms with Gasteiger partial charge in [0, 0.05) is 28.3 Å². The Hall–Kier alpha value is 0.110. The molecule has 0 spiro atoms. The van der Waals surface area contributed by atoms with Crippen LogP contribution in [0.15, 0.2) is 0 Å². The van der Waals surface area contributed by atoms with Gasteiger partial charge in [-0.25, -0.2) is 0 Å². The van der Waals surface area contributed by atoms with E-state index in [1.165, 1.54) is 0 Å². The lowest BCUT2D eigenvalue weighted by molar-refractivity contribution is 0.533. The number of hydrogen-bond donors (Lipinski definition) is 1. The lowest BCUT2D eigenvalue weighted by atomic mass is 10.2. The summed E-state index contributed by atoms with van der Waals surface area (Å²) in [6.07, 6.45) is 4.47. The van der Waals surface area contributed by atoms with Crippen molar-refractivity contribution >= 4 is 10.8 Å². The van der Waals surface area contributed by atoms with Crippen molar-refractivity contribution in [3.63, 3.8) is 0 Å². The predicted molar refractivity (Wildman–Crippen MR) is 65.2 cm³/mol. The van der Waals surface area contributed by atoms with Crippen LogP contribution in [0.25, 0.3) is 0 Å². The van der Waals surface area contributed by atoms with Gasteiger partial charge in [-0.2, -0.15) is 0 Å². The molecule has 2 atom stereocenters. The van der Waals surface area contributed by atoms with Crippen LogP contribution in [0.1, 0.15) is 46.5 Å². The highest BCUT2D eigenvalue weighted by molar-refractivity contribution is 7.85. The molecule has 86 valence electrons. The third-order valence-corrected chi connectivity index (χ3v) is 3.81. The predicted octanol–water partition coefficient (Wildman–Crippen LogP) is 2.31. The third kappa shape index (κ3) is 7.51. The van der Waals surface area contributed by atoms with Gasteiger partial charge in [-0.15, -0.1) is 0 Å². The van der Waals surface area contributed by atoms with E-state index in [2.05, 4.69) is 26.1 Å². The highest BCUT2D eigenvalue weighted by atomic mass is 32.2. The van der Waals surface area contributed by atoms with E-state index in [1.807, 2.05) is 0 Å². The first-order valence-electron chi connectivity index (χ1n) is 5.82. The van der Waals surface area contributed by atoms with E-state index in [1.54, 1.807) is 0 Å². The second-order valence-corrected chi connectivity index (χ2v) is 5.34. The van der Waals surface area contributed by atoms with Crippen molar-refractivity contribution in [2.45, 2.75) is 52.5 Å². The Labute approximate surface area is 91.3 Å². The molecule has 0 radical (unpaired) electrons. The molecule has 0 saturated carbocycles. The van der Waals surface area contributed by atoms with Crippen molar-refractivity contribution < 1.29 is 4.21 Å². The number of nitrogens with one attached hydrogen (secondary N) is 1. The summed E-state index contributed by atoms with van der Waals surface area (Å²) in [4.78, 5) is 0. The van der Waals surface area contributed by atoms with Crippen LogP contribution in [0.2, 0.25) is 0 Å². The molecular formula is C11H25NOS. The number of hydrogen-bond acceptors (Lipinski definition) is 2. The van der Waals surface area contributed by atoms with Crippen LogP contribution in [-0.2, 0) is 10.8 Å². The first kappa shape index (κ1) is 14.1. The molecule has 0 amide bonds. The van der Waals surface area contributed by atoms with Gasteiger partial charge >= 0.3 is 0 Å². The minimum absolute atomic E-state index is 0.452. The van der Waals surface area contributed by atoms with Gasteiger partial charge in [0.25, 0.3) is 0 Å². The molecule has 1 N–H and O–H groups in total. The van der Waals surface area contributed by atoms with Crippen LogP contribution in [0.3, 0.4) is 0 Å². The van der Waals surface area contributed by atoms with Gasteiger partial charge in [0.2, 0.25) is 0 Å². The third-order valence-electron chi connectivity index (χ3n) is 2.29. The average Bonchev–Trinajstić information content (AvgIpc) is 2.21. The Bertz CT molecular complexity index is 150. The van der Waals surface area contributed by atoms with Gasteiger partial charge in [-0.1, -0.05) is 27.2 Å². The molecule has 0 aliphatic carbocycles. The first-order chi connectivity index (χ1) is 6.74. The van der Waals surface area contributed by atoms with Crippen molar-refractivity contribution in [1.82, 2.24) is 5.32 Å². The van der Waals surface area contributed by atoms with E-state index >= 15 is 0 Å². The number of unbranched alkanes of at least 4 members (excludes halogenated alkanes) is 1. The zero-order chi connectivity index (χ0) is 10.8. The van der Waals surface area contributed by atoms with Crippen LogP contribution < -0.4 is 5.32 Å². The molecule has 0 heterocycles. The summed E-state index contributed by atoms with van der Waals surface area (Å²) in [6, 6.07) is 0.452. The Morgan fingerprint density at radius 1 is 1.21 bits per heavy atom. The van der Waals surface area contributed by atoms with Crippen molar-refractivity contribution in [1.29, 1.82) is 0 Å². The Morgan fingerprint density at radius 3 is 2.43 bits per heavy atom. The van der Waals surface area contributed by atoms with Crippen LogP contribution in [0.5, 0.6) is 0 Å². The molecule has 2 unspecified atom stereocenters. The maximum absolute atomic E-state index is 11.6. The molecule has 0 aromatic rings. The van der Waals surface area contributed by atoms with Gasteiger partial charge in [0.05, 0.1) is 0 Å². The lowest BCUT2D eigenvalue weighted by Gasteiger charge is -2.15. The Morgan fingerprint density at radius 2 is 1.93 bits per heavy atom. The number of rotatable bonds is 9. The summed E-state index contributed by atoms with van der Waals surface area (Å²) in [5, 5.41) is 3.43. The molecule has 0 aliphatic rings. The standard InChI is InChI=1S/C11H25NOS/c1-4-7-9-14(13)10-11(6-3)12-8-5-2/h11-12H,4-10H2,1-3H3. The molecular weight excluding hydrogens is 194 g/mol. The van der Waals surface area contributed by atoms with Crippen LogP contribution in [0.4, 0.5) is 0 Å². The molecule has 14 heavy (non-hydrogen) atoms. The molecule has 3 heteroatoms. The quantitative estimate of drug-likeness (QED) is 0.645. The zero-order valence-electron chi connectivity index (χ0n) is 9.84. The summed E-state index contributed by atoms with van der Waals surface area (Å²) >= 11 is 0. The van der Waals surface area contributed by atoms with E-state index in [9.17, 15) is 4.21 Å². The minimum atomic E-state index is -0.616. The Balaban J connectivity index is 3.62. The van der Waals surface area contributed by atoms with Crippen LogP contribution >= 0.6 is 0 Å². The van der Waals surface area contributed by atoms with E-state index < -0.39 is 10.8 Å². The summed E-state index contributed by atoms with van der Waals surface area (Å²) < 4.78 is 11.6. The molecule has 0 rings (SSSR count).